The zero-order chi connectivity index (χ0) is 12.4. The summed E-state index contributed by atoms with van der Waals surface area (Å²) >= 11 is 0. The summed E-state index contributed by atoms with van der Waals surface area (Å²) in [5.74, 6) is 1.30. The Balaban J connectivity index is 1.67. The van der Waals surface area contributed by atoms with Crippen LogP contribution >= 0.6 is 0 Å². The first-order valence-corrected chi connectivity index (χ1v) is 5.56. The molecule has 0 saturated carbocycles. The highest BCUT2D eigenvalue weighted by Gasteiger charge is 2.06. The molecule has 5 heteroatoms. The van der Waals surface area contributed by atoms with Crippen molar-refractivity contribution in [3.05, 3.63) is 48.2 Å². The molecule has 0 amide bonds. The summed E-state index contributed by atoms with van der Waals surface area (Å²) in [6, 6.07) is 9.03. The number of hydrogen-bond donors (Lipinski definition) is 1. The van der Waals surface area contributed by atoms with Gasteiger partial charge in [0.15, 0.2) is 5.58 Å². The molecular formula is C13H12N2O3. The van der Waals surface area contributed by atoms with Crippen molar-refractivity contribution >= 4 is 16.8 Å². The Kier molecular flexibility index (Phi) is 2.74. The Hall–Kier alpha value is -2.27. The second-order valence-corrected chi connectivity index (χ2v) is 3.91. The molecule has 0 saturated heterocycles. The molecule has 0 atom stereocenters. The van der Waals surface area contributed by atoms with Crippen molar-refractivity contribution in [2.45, 2.75) is 13.2 Å². The van der Waals surface area contributed by atoms with E-state index in [9.17, 15) is 0 Å². The number of anilines is 1. The third-order valence-electron chi connectivity index (χ3n) is 2.51. The quantitative estimate of drug-likeness (QED) is 0.714. The van der Waals surface area contributed by atoms with Gasteiger partial charge in [-0.25, -0.2) is 4.98 Å². The van der Waals surface area contributed by atoms with Gasteiger partial charge in [0.1, 0.15) is 24.5 Å². The Bertz CT molecular complexity index is 643. The highest BCUT2D eigenvalue weighted by atomic mass is 16.5. The lowest BCUT2D eigenvalue weighted by molar-refractivity contribution is 0.0783. The second-order valence-electron chi connectivity index (χ2n) is 3.91. The maximum atomic E-state index is 5.67. The number of hydrogen-bond acceptors (Lipinski definition) is 5. The van der Waals surface area contributed by atoms with E-state index in [4.69, 9.17) is 19.3 Å². The lowest BCUT2D eigenvalue weighted by Gasteiger charge is -1.97. The Morgan fingerprint density at radius 1 is 1.22 bits per heavy atom. The number of rotatable bonds is 4. The van der Waals surface area contributed by atoms with Gasteiger partial charge in [-0.1, -0.05) is 0 Å². The van der Waals surface area contributed by atoms with Crippen LogP contribution in [0.1, 0.15) is 11.7 Å². The van der Waals surface area contributed by atoms with Crippen molar-refractivity contribution in [3.63, 3.8) is 0 Å². The minimum atomic E-state index is 0.301. The van der Waals surface area contributed by atoms with Gasteiger partial charge >= 0.3 is 0 Å². The maximum absolute atomic E-state index is 5.67. The number of oxazole rings is 1. The van der Waals surface area contributed by atoms with E-state index in [0.717, 1.165) is 11.3 Å². The zero-order valence-electron chi connectivity index (χ0n) is 9.63. The summed E-state index contributed by atoms with van der Waals surface area (Å²) in [5, 5.41) is 0. The standard InChI is InChI=1S/C13H12N2O3/c14-9-3-4-12-11(6-9)15-13(18-12)8-16-7-10-2-1-5-17-10/h1-6H,7-8,14H2. The molecule has 2 aromatic heterocycles. The number of ether oxygens (including phenoxy) is 1. The van der Waals surface area contributed by atoms with E-state index in [1.807, 2.05) is 12.1 Å². The molecule has 0 aliphatic carbocycles. The van der Waals surface area contributed by atoms with Crippen molar-refractivity contribution in [1.29, 1.82) is 0 Å². The van der Waals surface area contributed by atoms with Crippen LogP contribution in [-0.2, 0) is 18.0 Å². The van der Waals surface area contributed by atoms with Crippen LogP contribution in [0.3, 0.4) is 0 Å². The molecule has 0 unspecified atom stereocenters. The summed E-state index contributed by atoms with van der Waals surface area (Å²) in [7, 11) is 0. The molecule has 3 rings (SSSR count). The average Bonchev–Trinajstić information content (AvgIpc) is 2.97. The van der Waals surface area contributed by atoms with Crippen LogP contribution in [0.5, 0.6) is 0 Å². The van der Waals surface area contributed by atoms with Crippen molar-refractivity contribution in [1.82, 2.24) is 4.98 Å². The van der Waals surface area contributed by atoms with Gasteiger partial charge in [0.25, 0.3) is 0 Å². The average molecular weight is 244 g/mol. The molecule has 0 aliphatic rings. The van der Waals surface area contributed by atoms with E-state index in [-0.39, 0.29) is 0 Å². The highest BCUT2D eigenvalue weighted by Crippen LogP contribution is 2.18. The smallest absolute Gasteiger partial charge is 0.221 e. The monoisotopic (exact) mass is 244 g/mol. The fourth-order valence-electron chi connectivity index (χ4n) is 1.69. The second kappa shape index (κ2) is 4.54. The molecule has 2 heterocycles. The Morgan fingerprint density at radius 3 is 3.00 bits per heavy atom. The number of benzene rings is 1. The molecule has 3 aromatic rings. The predicted octanol–water partition coefficient (Wildman–Crippen LogP) is 2.72. The first-order chi connectivity index (χ1) is 8.81. The van der Waals surface area contributed by atoms with Gasteiger partial charge in [-0.2, -0.15) is 0 Å². The van der Waals surface area contributed by atoms with Crippen molar-refractivity contribution in [2.24, 2.45) is 0 Å². The molecule has 1 aromatic carbocycles. The van der Waals surface area contributed by atoms with Gasteiger partial charge in [0.05, 0.1) is 6.26 Å². The summed E-state index contributed by atoms with van der Waals surface area (Å²) in [5.41, 5.74) is 7.79. The topological polar surface area (TPSA) is 74.4 Å². The number of nitrogens with zero attached hydrogens (tertiary/aromatic N) is 1. The van der Waals surface area contributed by atoms with Gasteiger partial charge < -0.3 is 19.3 Å². The molecule has 0 spiro atoms. The van der Waals surface area contributed by atoms with Crippen LogP contribution in [0.15, 0.2) is 45.4 Å². The zero-order valence-corrected chi connectivity index (χ0v) is 9.63. The first kappa shape index (κ1) is 10.9. The molecule has 2 N–H and O–H groups in total. The third kappa shape index (κ3) is 2.21. The lowest BCUT2D eigenvalue weighted by Crippen LogP contribution is -1.92. The summed E-state index contributed by atoms with van der Waals surface area (Å²) in [4.78, 5) is 4.29. The fraction of sp³-hybridized carbons (Fsp3) is 0.154. The first-order valence-electron chi connectivity index (χ1n) is 5.56. The minimum absolute atomic E-state index is 0.301. The number of nitrogen functional groups attached to an aromatic ring is 1. The Morgan fingerprint density at radius 2 is 2.17 bits per heavy atom. The molecule has 0 bridgehead atoms. The predicted molar refractivity (Wildman–Crippen MR) is 65.6 cm³/mol. The van der Waals surface area contributed by atoms with E-state index >= 15 is 0 Å². The summed E-state index contributed by atoms with van der Waals surface area (Å²) in [6.07, 6.45) is 1.61. The molecule has 0 radical (unpaired) electrons. The minimum Gasteiger partial charge on any atom is -0.467 e. The molecule has 18 heavy (non-hydrogen) atoms. The molecule has 0 fully saturated rings. The normalized spacial score (nSPS) is 11.1. The largest absolute Gasteiger partial charge is 0.467 e. The van der Waals surface area contributed by atoms with Crippen molar-refractivity contribution < 1.29 is 13.6 Å². The number of furan rings is 1. The van der Waals surface area contributed by atoms with Gasteiger partial charge in [-0.3, -0.25) is 0 Å². The number of fused-ring (bicyclic) bond motifs is 1. The molecule has 0 aliphatic heterocycles. The highest BCUT2D eigenvalue weighted by molar-refractivity contribution is 5.76. The number of aromatic nitrogens is 1. The summed E-state index contributed by atoms with van der Waals surface area (Å²) < 4.78 is 16.1. The summed E-state index contributed by atoms with van der Waals surface area (Å²) in [6.45, 7) is 0.698. The van der Waals surface area contributed by atoms with Crippen LogP contribution in [0, 0.1) is 0 Å². The number of nitrogens with two attached hydrogens (primary N) is 1. The molecule has 92 valence electrons. The van der Waals surface area contributed by atoms with Crippen LogP contribution in [0.25, 0.3) is 11.1 Å². The molecule has 5 nitrogen and oxygen atoms in total. The van der Waals surface area contributed by atoms with Crippen molar-refractivity contribution in [3.8, 4) is 0 Å². The third-order valence-corrected chi connectivity index (χ3v) is 2.51. The Labute approximate surface area is 103 Å². The van der Waals surface area contributed by atoms with Crippen LogP contribution in [0.2, 0.25) is 0 Å². The van der Waals surface area contributed by atoms with E-state index in [0.29, 0.717) is 30.4 Å². The van der Waals surface area contributed by atoms with Crippen LogP contribution in [-0.4, -0.2) is 4.98 Å². The van der Waals surface area contributed by atoms with E-state index < -0.39 is 0 Å². The van der Waals surface area contributed by atoms with Gasteiger partial charge in [0.2, 0.25) is 5.89 Å². The SMILES string of the molecule is Nc1ccc2oc(COCc3ccco3)nc2c1. The van der Waals surface area contributed by atoms with E-state index in [1.54, 1.807) is 24.5 Å². The molecular weight excluding hydrogens is 232 g/mol. The fourth-order valence-corrected chi connectivity index (χ4v) is 1.69. The maximum Gasteiger partial charge on any atom is 0.221 e. The lowest BCUT2D eigenvalue weighted by atomic mass is 10.3. The van der Waals surface area contributed by atoms with E-state index in [2.05, 4.69) is 4.98 Å². The van der Waals surface area contributed by atoms with E-state index in [1.165, 1.54) is 0 Å². The van der Waals surface area contributed by atoms with Gasteiger partial charge in [0, 0.05) is 5.69 Å². The van der Waals surface area contributed by atoms with Crippen LogP contribution < -0.4 is 5.73 Å². The van der Waals surface area contributed by atoms with Crippen molar-refractivity contribution in [2.75, 3.05) is 5.73 Å². The van der Waals surface area contributed by atoms with Crippen LogP contribution in [0.4, 0.5) is 5.69 Å². The van der Waals surface area contributed by atoms with Gasteiger partial charge in [-0.05, 0) is 30.3 Å². The van der Waals surface area contributed by atoms with Gasteiger partial charge in [-0.15, -0.1) is 0 Å².